The van der Waals surface area contributed by atoms with E-state index in [0.717, 1.165) is 47.7 Å². The number of carbonyl (C=O) groups excluding carboxylic acids is 1. The normalized spacial score (nSPS) is 16.4. The van der Waals surface area contributed by atoms with E-state index in [0.29, 0.717) is 0 Å². The number of piperidine rings is 1. The molecule has 2 aliphatic heterocycles. The molecular formula is C26H27NO3. The maximum absolute atomic E-state index is 10.1. The number of benzene rings is 3. The molecule has 0 unspecified atom stereocenters. The minimum Gasteiger partial charge on any atom is -0.440 e. The third kappa shape index (κ3) is 4.18. The van der Waals surface area contributed by atoms with Crippen molar-refractivity contribution in [3.8, 4) is 11.5 Å². The van der Waals surface area contributed by atoms with E-state index < -0.39 is 5.79 Å². The van der Waals surface area contributed by atoms with Crippen molar-refractivity contribution in [1.29, 1.82) is 0 Å². The lowest BCUT2D eigenvalue weighted by atomic mass is 9.97. The van der Waals surface area contributed by atoms with Gasteiger partial charge in [-0.1, -0.05) is 66.7 Å². The van der Waals surface area contributed by atoms with E-state index in [-0.39, 0.29) is 0 Å². The number of fused-ring (bicyclic) bond motifs is 1. The highest BCUT2D eigenvalue weighted by Gasteiger charge is 2.45. The number of amides is 1. The third-order valence-electron chi connectivity index (χ3n) is 5.45. The molecule has 3 aromatic rings. The second-order valence-electron chi connectivity index (χ2n) is 7.70. The molecule has 5 rings (SSSR count). The van der Waals surface area contributed by atoms with Crippen LogP contribution in [0.1, 0.15) is 36.0 Å². The number of hydrogen-bond acceptors (Lipinski definition) is 3. The monoisotopic (exact) mass is 401 g/mol. The van der Waals surface area contributed by atoms with Crippen LogP contribution in [0.3, 0.4) is 0 Å². The van der Waals surface area contributed by atoms with E-state index in [1.165, 1.54) is 19.3 Å². The molecule has 2 aliphatic rings. The maximum Gasteiger partial charge on any atom is 0.305 e. The first-order valence-electron chi connectivity index (χ1n) is 10.5. The highest BCUT2D eigenvalue weighted by molar-refractivity contribution is 5.50. The highest BCUT2D eigenvalue weighted by atomic mass is 16.7. The zero-order valence-electron chi connectivity index (χ0n) is 17.3. The summed E-state index contributed by atoms with van der Waals surface area (Å²) in [5.74, 6) is 0.643. The van der Waals surface area contributed by atoms with Gasteiger partial charge in [0.2, 0.25) is 6.41 Å². The van der Waals surface area contributed by atoms with Crippen LogP contribution in [0.4, 0.5) is 0 Å². The maximum atomic E-state index is 10.1. The number of hydrogen-bond donors (Lipinski definition) is 0. The van der Waals surface area contributed by atoms with E-state index in [1.54, 1.807) is 0 Å². The van der Waals surface area contributed by atoms with Gasteiger partial charge in [0, 0.05) is 24.2 Å². The van der Waals surface area contributed by atoms with Crippen LogP contribution in [-0.4, -0.2) is 24.4 Å². The van der Waals surface area contributed by atoms with Gasteiger partial charge < -0.3 is 14.4 Å². The average molecular weight is 402 g/mol. The lowest BCUT2D eigenvalue weighted by Gasteiger charge is -2.28. The van der Waals surface area contributed by atoms with Gasteiger partial charge >= 0.3 is 5.79 Å². The van der Waals surface area contributed by atoms with Crippen molar-refractivity contribution < 1.29 is 14.3 Å². The summed E-state index contributed by atoms with van der Waals surface area (Å²) < 4.78 is 12.6. The topological polar surface area (TPSA) is 38.8 Å². The molecule has 30 heavy (non-hydrogen) atoms. The lowest BCUT2D eigenvalue weighted by Crippen LogP contribution is -2.36. The van der Waals surface area contributed by atoms with Crippen molar-refractivity contribution in [3.63, 3.8) is 0 Å². The van der Waals surface area contributed by atoms with E-state index in [2.05, 4.69) is 6.92 Å². The van der Waals surface area contributed by atoms with Gasteiger partial charge in [-0.05, 0) is 43.9 Å². The summed E-state index contributed by atoms with van der Waals surface area (Å²) in [6.45, 7) is 4.00. The van der Waals surface area contributed by atoms with Crippen LogP contribution in [-0.2, 0) is 10.6 Å². The Morgan fingerprint density at radius 1 is 0.767 bits per heavy atom. The van der Waals surface area contributed by atoms with Crippen molar-refractivity contribution >= 4 is 6.41 Å². The molecule has 0 N–H and O–H groups in total. The first kappa shape index (κ1) is 20.0. The molecule has 0 bridgehead atoms. The Morgan fingerprint density at radius 2 is 1.33 bits per heavy atom. The van der Waals surface area contributed by atoms with Crippen molar-refractivity contribution in [3.05, 3.63) is 95.6 Å². The summed E-state index contributed by atoms with van der Waals surface area (Å²) in [6, 6.07) is 26.2. The summed E-state index contributed by atoms with van der Waals surface area (Å²) in [4.78, 5) is 11.9. The minimum atomic E-state index is -0.918. The minimum absolute atomic E-state index is 0.776. The summed E-state index contributed by atoms with van der Waals surface area (Å²) in [5.41, 5.74) is 3.12. The zero-order chi connectivity index (χ0) is 20.8. The Morgan fingerprint density at radius 3 is 1.87 bits per heavy atom. The Labute approximate surface area is 178 Å². The van der Waals surface area contributed by atoms with Crippen LogP contribution in [0.15, 0.2) is 78.9 Å². The predicted octanol–water partition coefficient (Wildman–Crippen LogP) is 5.30. The molecule has 0 atom stereocenters. The fourth-order valence-electron chi connectivity index (χ4n) is 3.85. The fourth-order valence-corrected chi connectivity index (χ4v) is 3.85. The van der Waals surface area contributed by atoms with Crippen molar-refractivity contribution in [1.82, 2.24) is 4.90 Å². The molecule has 0 aliphatic carbocycles. The van der Waals surface area contributed by atoms with Gasteiger partial charge in [-0.15, -0.1) is 0 Å². The van der Waals surface area contributed by atoms with Crippen LogP contribution < -0.4 is 9.47 Å². The largest absolute Gasteiger partial charge is 0.440 e. The second kappa shape index (κ2) is 9.04. The summed E-state index contributed by atoms with van der Waals surface area (Å²) >= 11 is 0. The van der Waals surface area contributed by atoms with Crippen LogP contribution in [0.25, 0.3) is 0 Å². The second-order valence-corrected chi connectivity index (χ2v) is 7.70. The Hall–Kier alpha value is -3.27. The number of ether oxygens (including phenoxy) is 2. The molecule has 4 nitrogen and oxygen atoms in total. The molecule has 1 amide bonds. The first-order valence-corrected chi connectivity index (χ1v) is 10.5. The van der Waals surface area contributed by atoms with Gasteiger partial charge in [0.05, 0.1) is 0 Å². The van der Waals surface area contributed by atoms with E-state index in [9.17, 15) is 4.79 Å². The predicted molar refractivity (Wildman–Crippen MR) is 118 cm³/mol. The Bertz CT molecular complexity index is 927. The van der Waals surface area contributed by atoms with Gasteiger partial charge in [-0.25, -0.2) is 0 Å². The molecular weight excluding hydrogens is 374 g/mol. The fraction of sp³-hybridized carbons (Fsp3) is 0.269. The van der Waals surface area contributed by atoms with E-state index in [4.69, 9.17) is 9.47 Å². The Balaban J connectivity index is 0.000000230. The molecule has 0 aromatic heterocycles. The summed E-state index contributed by atoms with van der Waals surface area (Å²) in [6.07, 6.45) is 4.63. The molecule has 4 heteroatoms. The number of nitrogens with zero attached hydrogens (tertiary/aromatic N) is 1. The van der Waals surface area contributed by atoms with Gasteiger partial charge in [-0.3, -0.25) is 4.79 Å². The van der Waals surface area contributed by atoms with Crippen molar-refractivity contribution in [2.75, 3.05) is 13.1 Å². The van der Waals surface area contributed by atoms with Crippen molar-refractivity contribution in [2.24, 2.45) is 0 Å². The summed E-state index contributed by atoms with van der Waals surface area (Å²) in [5, 5.41) is 0. The molecule has 1 fully saturated rings. The van der Waals surface area contributed by atoms with E-state index in [1.807, 2.05) is 83.8 Å². The quantitative estimate of drug-likeness (QED) is 0.559. The van der Waals surface area contributed by atoms with Crippen LogP contribution in [0.2, 0.25) is 0 Å². The van der Waals surface area contributed by atoms with E-state index >= 15 is 0 Å². The number of likely N-dealkylation sites (tertiary alicyclic amines) is 1. The van der Waals surface area contributed by atoms with Gasteiger partial charge in [0.1, 0.15) is 0 Å². The van der Waals surface area contributed by atoms with Crippen LogP contribution >= 0.6 is 0 Å². The van der Waals surface area contributed by atoms with Crippen molar-refractivity contribution in [2.45, 2.75) is 32.0 Å². The molecule has 0 radical (unpaired) electrons. The van der Waals surface area contributed by atoms with Gasteiger partial charge in [-0.2, -0.15) is 0 Å². The summed E-state index contributed by atoms with van der Waals surface area (Å²) in [7, 11) is 0. The Kier molecular flexibility index (Phi) is 6.03. The van der Waals surface area contributed by atoms with Crippen LogP contribution in [0.5, 0.6) is 11.5 Å². The third-order valence-corrected chi connectivity index (χ3v) is 5.45. The molecule has 2 heterocycles. The number of carbonyl (C=O) groups is 1. The highest BCUT2D eigenvalue weighted by Crippen LogP contribution is 2.47. The average Bonchev–Trinajstić information content (AvgIpc) is 3.21. The standard InChI is InChI=1S/C20H16O2.C6H11NO/c1-15-12-13-18-19(14-15)22-20(21-18,16-8-4-2-5-9-16)17-10-6-3-7-11-17;8-6-7-4-2-1-3-5-7/h2-14H,1H3;6H,1-5H2. The van der Waals surface area contributed by atoms with Gasteiger partial charge in [0.25, 0.3) is 0 Å². The lowest BCUT2D eigenvalue weighted by molar-refractivity contribution is -0.118. The molecule has 3 aromatic carbocycles. The zero-order valence-corrected chi connectivity index (χ0v) is 17.3. The SMILES string of the molecule is Cc1ccc2c(c1)OC(c1ccccc1)(c1ccccc1)O2.O=CN1CCCCC1. The number of rotatable bonds is 3. The first-order chi connectivity index (χ1) is 14.7. The number of aryl methyl sites for hydroxylation is 1. The van der Waals surface area contributed by atoms with Gasteiger partial charge in [0.15, 0.2) is 11.5 Å². The molecule has 0 spiro atoms. The molecule has 0 saturated carbocycles. The smallest absolute Gasteiger partial charge is 0.305 e. The molecule has 154 valence electrons. The molecule has 1 saturated heterocycles. The van der Waals surface area contributed by atoms with Crippen LogP contribution in [0, 0.1) is 6.92 Å².